The van der Waals surface area contributed by atoms with Crippen LogP contribution in [-0.2, 0) is 12.3 Å². The summed E-state index contributed by atoms with van der Waals surface area (Å²) in [5.41, 5.74) is 1.79. The van der Waals surface area contributed by atoms with Crippen molar-refractivity contribution >= 4 is 18.3 Å². The second-order valence-electron chi connectivity index (χ2n) is 5.92. The summed E-state index contributed by atoms with van der Waals surface area (Å²) < 4.78 is 66.4. The number of fused-ring (bicyclic) bond motifs is 1. The maximum absolute atomic E-state index is 13.6. The molecule has 1 aromatic carbocycles. The van der Waals surface area contributed by atoms with Gasteiger partial charge in [0.25, 0.3) is 0 Å². The molecule has 0 radical (unpaired) electrons. The van der Waals surface area contributed by atoms with Gasteiger partial charge in [0, 0.05) is 22.3 Å². The summed E-state index contributed by atoms with van der Waals surface area (Å²) in [6.07, 6.45) is -4.25. The topological polar surface area (TPSA) is 17.3 Å². The lowest BCUT2D eigenvalue weighted by Crippen LogP contribution is -2.33. The SMILES string of the molecule is CCc1c(S)cccc1-c1ccc2nc(C(F)(F)C(F)(F)F)cn2c1C. The lowest BCUT2D eigenvalue weighted by atomic mass is 9.97. The Morgan fingerprint density at radius 1 is 1.04 bits per heavy atom. The maximum Gasteiger partial charge on any atom is 0.459 e. The van der Waals surface area contributed by atoms with Crippen molar-refractivity contribution in [1.29, 1.82) is 0 Å². The number of alkyl halides is 5. The molecule has 3 aromatic rings. The van der Waals surface area contributed by atoms with Crippen LogP contribution < -0.4 is 0 Å². The lowest BCUT2D eigenvalue weighted by Gasteiger charge is -2.16. The van der Waals surface area contributed by atoms with Crippen molar-refractivity contribution in [1.82, 2.24) is 9.38 Å². The number of rotatable bonds is 3. The molecule has 0 bridgehead atoms. The van der Waals surface area contributed by atoms with Crippen LogP contribution in [-0.4, -0.2) is 15.6 Å². The number of halogens is 5. The van der Waals surface area contributed by atoms with Gasteiger partial charge >= 0.3 is 12.1 Å². The van der Waals surface area contributed by atoms with E-state index in [0.717, 1.165) is 27.8 Å². The number of benzene rings is 1. The van der Waals surface area contributed by atoms with E-state index >= 15 is 0 Å². The Balaban J connectivity index is 2.21. The highest BCUT2D eigenvalue weighted by Crippen LogP contribution is 2.43. The van der Waals surface area contributed by atoms with Crippen LogP contribution in [0.2, 0.25) is 0 Å². The minimum absolute atomic E-state index is 0.0326. The van der Waals surface area contributed by atoms with Crippen LogP contribution in [0.15, 0.2) is 41.4 Å². The van der Waals surface area contributed by atoms with Gasteiger partial charge in [-0.3, -0.25) is 0 Å². The number of aryl methyl sites for hydroxylation is 1. The van der Waals surface area contributed by atoms with Gasteiger partial charge in [-0.1, -0.05) is 19.1 Å². The molecule has 2 nitrogen and oxygen atoms in total. The van der Waals surface area contributed by atoms with E-state index in [-0.39, 0.29) is 5.65 Å². The summed E-state index contributed by atoms with van der Waals surface area (Å²) in [5, 5.41) is 0. The van der Waals surface area contributed by atoms with Crippen molar-refractivity contribution in [3.63, 3.8) is 0 Å². The number of aromatic nitrogens is 2. The Morgan fingerprint density at radius 2 is 1.73 bits per heavy atom. The van der Waals surface area contributed by atoms with Gasteiger partial charge in [0.1, 0.15) is 11.3 Å². The number of hydrogen-bond donors (Lipinski definition) is 1. The predicted octanol–water partition coefficient (Wildman–Crippen LogP) is 5.81. The van der Waals surface area contributed by atoms with Gasteiger partial charge in [-0.15, -0.1) is 12.6 Å². The second kappa shape index (κ2) is 6.26. The first kappa shape index (κ1) is 18.7. The fraction of sp³-hybridized carbons (Fsp3) is 0.278. The van der Waals surface area contributed by atoms with Crippen LogP contribution in [0.25, 0.3) is 16.8 Å². The average Bonchev–Trinajstić information content (AvgIpc) is 3.00. The monoisotopic (exact) mass is 386 g/mol. The Morgan fingerprint density at radius 3 is 2.35 bits per heavy atom. The molecule has 0 aliphatic carbocycles. The molecule has 3 rings (SSSR count). The van der Waals surface area contributed by atoms with Crippen LogP contribution in [0.5, 0.6) is 0 Å². The lowest BCUT2D eigenvalue weighted by molar-refractivity contribution is -0.290. The quantitative estimate of drug-likeness (QED) is 0.444. The summed E-state index contributed by atoms with van der Waals surface area (Å²) in [5.74, 6) is -5.01. The van der Waals surface area contributed by atoms with E-state index in [1.165, 1.54) is 10.5 Å². The normalized spacial score (nSPS) is 12.8. The number of thiol groups is 1. The zero-order valence-electron chi connectivity index (χ0n) is 13.9. The van der Waals surface area contributed by atoms with E-state index in [9.17, 15) is 22.0 Å². The molecule has 0 unspecified atom stereocenters. The molecule has 0 atom stereocenters. The summed E-state index contributed by atoms with van der Waals surface area (Å²) in [4.78, 5) is 4.28. The maximum atomic E-state index is 13.6. The third kappa shape index (κ3) is 2.86. The molecule has 0 fully saturated rings. The van der Waals surface area contributed by atoms with Crippen molar-refractivity contribution in [3.8, 4) is 11.1 Å². The smallest absolute Gasteiger partial charge is 0.303 e. The summed E-state index contributed by atoms with van der Waals surface area (Å²) >= 11 is 4.44. The molecule has 26 heavy (non-hydrogen) atoms. The van der Waals surface area contributed by atoms with E-state index in [2.05, 4.69) is 17.6 Å². The molecule has 0 saturated carbocycles. The highest BCUT2D eigenvalue weighted by atomic mass is 32.1. The number of pyridine rings is 1. The van der Waals surface area contributed by atoms with E-state index in [1.54, 1.807) is 13.0 Å². The molecule has 0 spiro atoms. The molecule has 138 valence electrons. The van der Waals surface area contributed by atoms with Crippen LogP contribution in [0.4, 0.5) is 22.0 Å². The minimum atomic E-state index is -5.70. The first-order valence-electron chi connectivity index (χ1n) is 7.83. The zero-order chi connectivity index (χ0) is 19.3. The van der Waals surface area contributed by atoms with Crippen LogP contribution in [0.1, 0.15) is 23.9 Å². The molecule has 0 aliphatic rings. The highest BCUT2D eigenvalue weighted by Gasteiger charge is 2.60. The molecule has 8 heteroatoms. The zero-order valence-corrected chi connectivity index (χ0v) is 14.8. The van der Waals surface area contributed by atoms with Crippen LogP contribution >= 0.6 is 12.6 Å². The molecule has 0 amide bonds. The molecule has 2 aromatic heterocycles. The fourth-order valence-corrected chi connectivity index (χ4v) is 3.33. The standard InChI is InChI=1S/C18H15F5N2S/c1-3-11-13(5-4-6-14(11)26)12-7-8-16-24-15(9-25(16)10(12)2)17(19,20)18(21,22)23/h4-9,26H,3H2,1-2H3. The van der Waals surface area contributed by atoms with Gasteiger partial charge in [0.05, 0.1) is 0 Å². The van der Waals surface area contributed by atoms with E-state index in [0.29, 0.717) is 12.1 Å². The van der Waals surface area contributed by atoms with Crippen LogP contribution in [0, 0.1) is 6.92 Å². The summed E-state index contributed by atoms with van der Waals surface area (Å²) in [6, 6.07) is 8.64. The molecular weight excluding hydrogens is 371 g/mol. The molecule has 0 N–H and O–H groups in total. The number of nitrogens with zero attached hydrogens (tertiary/aromatic N) is 2. The van der Waals surface area contributed by atoms with Gasteiger partial charge in [0.2, 0.25) is 0 Å². The minimum Gasteiger partial charge on any atom is -0.303 e. The van der Waals surface area contributed by atoms with Crippen molar-refractivity contribution < 1.29 is 22.0 Å². The Hall–Kier alpha value is -2.09. The Labute approximate surface area is 152 Å². The van der Waals surface area contributed by atoms with Crippen molar-refractivity contribution in [2.75, 3.05) is 0 Å². The van der Waals surface area contributed by atoms with E-state index < -0.39 is 17.8 Å². The average molecular weight is 386 g/mol. The Bertz CT molecular complexity index is 976. The second-order valence-corrected chi connectivity index (χ2v) is 6.40. The van der Waals surface area contributed by atoms with E-state index in [1.807, 2.05) is 25.1 Å². The molecule has 0 aliphatic heterocycles. The number of imidazole rings is 1. The fourth-order valence-electron chi connectivity index (χ4n) is 2.97. The third-order valence-corrected chi connectivity index (χ3v) is 4.78. The Kier molecular flexibility index (Phi) is 4.50. The van der Waals surface area contributed by atoms with Gasteiger partial charge in [-0.05, 0) is 42.7 Å². The van der Waals surface area contributed by atoms with Gasteiger partial charge in [-0.2, -0.15) is 22.0 Å². The van der Waals surface area contributed by atoms with Gasteiger partial charge in [-0.25, -0.2) is 4.98 Å². The highest BCUT2D eigenvalue weighted by molar-refractivity contribution is 7.80. The largest absolute Gasteiger partial charge is 0.459 e. The summed E-state index contributed by atoms with van der Waals surface area (Å²) in [6.45, 7) is 3.62. The number of hydrogen-bond acceptors (Lipinski definition) is 2. The third-order valence-electron chi connectivity index (χ3n) is 4.36. The first-order valence-corrected chi connectivity index (χ1v) is 8.27. The van der Waals surface area contributed by atoms with Crippen molar-refractivity contribution in [2.24, 2.45) is 0 Å². The van der Waals surface area contributed by atoms with Crippen molar-refractivity contribution in [3.05, 3.63) is 53.5 Å². The van der Waals surface area contributed by atoms with Crippen LogP contribution in [0.3, 0.4) is 0 Å². The van der Waals surface area contributed by atoms with E-state index in [4.69, 9.17) is 0 Å². The molecule has 2 heterocycles. The van der Waals surface area contributed by atoms with Gasteiger partial charge in [0.15, 0.2) is 0 Å². The predicted molar refractivity (Wildman–Crippen MR) is 91.9 cm³/mol. The van der Waals surface area contributed by atoms with Crippen molar-refractivity contribution in [2.45, 2.75) is 37.3 Å². The first-order chi connectivity index (χ1) is 12.1. The molecular formula is C18H15F5N2S. The summed E-state index contributed by atoms with van der Waals surface area (Å²) in [7, 11) is 0. The van der Waals surface area contributed by atoms with Gasteiger partial charge < -0.3 is 4.40 Å². The molecule has 0 saturated heterocycles.